The van der Waals surface area contributed by atoms with Gasteiger partial charge in [0.15, 0.2) is 0 Å². The molecule has 1 aromatic carbocycles. The van der Waals surface area contributed by atoms with E-state index in [0.717, 1.165) is 29.5 Å². The average Bonchev–Trinajstić information content (AvgIpc) is 3.28. The molecule has 1 unspecified atom stereocenters. The number of carbonyl (C=O) groups excluding carboxylic acids is 2. The Balaban J connectivity index is 1.82. The first-order valence-corrected chi connectivity index (χ1v) is 11.2. The van der Waals surface area contributed by atoms with Crippen molar-refractivity contribution in [2.45, 2.75) is 52.1 Å². The summed E-state index contributed by atoms with van der Waals surface area (Å²) in [6.45, 7) is 8.20. The number of nitrogens with two attached hydrogens (primary N) is 1. The number of carbonyl (C=O) groups is 2. The third-order valence-electron chi connectivity index (χ3n) is 7.55. The highest BCUT2D eigenvalue weighted by atomic mass is 16.1. The van der Waals surface area contributed by atoms with Crippen molar-refractivity contribution < 1.29 is 9.59 Å². The van der Waals surface area contributed by atoms with E-state index in [0.29, 0.717) is 16.9 Å². The van der Waals surface area contributed by atoms with Crippen LogP contribution in [0.2, 0.25) is 0 Å². The summed E-state index contributed by atoms with van der Waals surface area (Å²) in [4.78, 5) is 24.0. The molecule has 8 nitrogen and oxygen atoms in total. The van der Waals surface area contributed by atoms with E-state index >= 15 is 0 Å². The molecular formula is C25H32N6O2. The minimum absolute atomic E-state index is 0.0364. The van der Waals surface area contributed by atoms with Crippen molar-refractivity contribution in [3.05, 3.63) is 48.3 Å². The molecule has 1 aliphatic rings. The molecule has 1 saturated carbocycles. The Bertz CT molecular complexity index is 1230. The summed E-state index contributed by atoms with van der Waals surface area (Å²) in [7, 11) is 2.00. The van der Waals surface area contributed by atoms with Gasteiger partial charge in [-0.05, 0) is 38.9 Å². The van der Waals surface area contributed by atoms with Gasteiger partial charge in [0.1, 0.15) is 0 Å². The second kappa shape index (κ2) is 8.19. The van der Waals surface area contributed by atoms with Crippen LogP contribution in [0, 0.1) is 5.41 Å². The van der Waals surface area contributed by atoms with Crippen LogP contribution in [-0.4, -0.2) is 40.1 Å². The second-order valence-corrected chi connectivity index (χ2v) is 9.62. The van der Waals surface area contributed by atoms with Crippen LogP contribution in [0.4, 0.5) is 11.4 Å². The molecule has 3 aromatic rings. The monoisotopic (exact) mass is 448 g/mol. The molecule has 2 atom stereocenters. The molecule has 5 N–H and O–H groups in total. The van der Waals surface area contributed by atoms with Crippen molar-refractivity contribution in [2.24, 2.45) is 11.1 Å². The SMILES string of the molecule is CNC1(C)CC[C@@H](Nc2c(C(N)=O)cnn3cc(-c4ccccc4NC(C)=O)cc23)C1(C)C. The van der Waals surface area contributed by atoms with Gasteiger partial charge in [0.25, 0.3) is 5.91 Å². The zero-order chi connectivity index (χ0) is 24.0. The third-order valence-corrected chi connectivity index (χ3v) is 7.55. The highest BCUT2D eigenvalue weighted by molar-refractivity contribution is 6.03. The summed E-state index contributed by atoms with van der Waals surface area (Å²) in [5, 5.41) is 14.5. The molecule has 2 amide bonds. The lowest BCUT2D eigenvalue weighted by Gasteiger charge is -2.42. The van der Waals surface area contributed by atoms with Crippen molar-refractivity contribution in [1.82, 2.24) is 14.9 Å². The number of anilines is 2. The summed E-state index contributed by atoms with van der Waals surface area (Å²) in [6.07, 6.45) is 5.37. The van der Waals surface area contributed by atoms with Crippen LogP contribution < -0.4 is 21.7 Å². The van der Waals surface area contributed by atoms with E-state index < -0.39 is 5.91 Å². The van der Waals surface area contributed by atoms with Crippen LogP contribution in [0.15, 0.2) is 42.7 Å². The number of para-hydroxylation sites is 1. The van der Waals surface area contributed by atoms with E-state index in [9.17, 15) is 9.59 Å². The molecule has 0 aliphatic heterocycles. The molecule has 0 saturated heterocycles. The summed E-state index contributed by atoms with van der Waals surface area (Å²) in [5.41, 5.74) is 9.88. The molecule has 0 bridgehead atoms. The lowest BCUT2D eigenvalue weighted by Crippen LogP contribution is -2.53. The predicted octanol–water partition coefficient (Wildman–Crippen LogP) is 3.64. The van der Waals surface area contributed by atoms with E-state index in [-0.39, 0.29) is 22.9 Å². The highest BCUT2D eigenvalue weighted by Crippen LogP contribution is 2.47. The van der Waals surface area contributed by atoms with Crippen molar-refractivity contribution in [2.75, 3.05) is 17.7 Å². The van der Waals surface area contributed by atoms with E-state index in [1.165, 1.54) is 13.1 Å². The Morgan fingerprint density at radius 2 is 1.94 bits per heavy atom. The summed E-state index contributed by atoms with van der Waals surface area (Å²) in [5.74, 6) is -0.667. The number of hydrogen-bond acceptors (Lipinski definition) is 5. The first kappa shape index (κ1) is 22.8. The van der Waals surface area contributed by atoms with Gasteiger partial charge < -0.3 is 21.7 Å². The molecular weight excluding hydrogens is 416 g/mol. The van der Waals surface area contributed by atoms with Gasteiger partial charge in [-0.3, -0.25) is 9.59 Å². The largest absolute Gasteiger partial charge is 0.379 e. The lowest BCUT2D eigenvalue weighted by atomic mass is 9.74. The summed E-state index contributed by atoms with van der Waals surface area (Å²) < 4.78 is 1.74. The van der Waals surface area contributed by atoms with Crippen LogP contribution in [0.3, 0.4) is 0 Å². The summed E-state index contributed by atoms with van der Waals surface area (Å²) in [6, 6.07) is 9.71. The average molecular weight is 449 g/mol. The van der Waals surface area contributed by atoms with E-state index in [1.807, 2.05) is 43.6 Å². The molecule has 0 radical (unpaired) electrons. The number of amides is 2. The fourth-order valence-corrected chi connectivity index (χ4v) is 4.95. The number of fused-ring (bicyclic) bond motifs is 1. The van der Waals surface area contributed by atoms with Gasteiger partial charge in [0.05, 0.1) is 23.0 Å². The van der Waals surface area contributed by atoms with Crippen LogP contribution in [0.25, 0.3) is 16.6 Å². The van der Waals surface area contributed by atoms with Crippen molar-refractivity contribution in [1.29, 1.82) is 0 Å². The molecule has 174 valence electrons. The molecule has 2 aromatic heterocycles. The van der Waals surface area contributed by atoms with E-state index in [1.54, 1.807) is 4.52 Å². The lowest BCUT2D eigenvalue weighted by molar-refractivity contribution is -0.114. The minimum Gasteiger partial charge on any atom is -0.379 e. The zero-order valence-corrected chi connectivity index (χ0v) is 19.8. The van der Waals surface area contributed by atoms with E-state index in [2.05, 4.69) is 41.8 Å². The molecule has 1 aliphatic carbocycles. The van der Waals surface area contributed by atoms with Gasteiger partial charge in [-0.1, -0.05) is 32.0 Å². The Morgan fingerprint density at radius 1 is 1.21 bits per heavy atom. The maximum atomic E-state index is 12.3. The number of nitrogens with zero attached hydrogens (tertiary/aromatic N) is 2. The van der Waals surface area contributed by atoms with Gasteiger partial charge in [-0.25, -0.2) is 4.52 Å². The predicted molar refractivity (Wildman–Crippen MR) is 131 cm³/mol. The number of primary amides is 1. The van der Waals surface area contributed by atoms with Gasteiger partial charge in [0.2, 0.25) is 5.91 Å². The quantitative estimate of drug-likeness (QED) is 0.460. The van der Waals surface area contributed by atoms with Crippen LogP contribution in [-0.2, 0) is 4.79 Å². The first-order valence-electron chi connectivity index (χ1n) is 11.2. The topological polar surface area (TPSA) is 114 Å². The Hall–Kier alpha value is -3.39. The number of rotatable bonds is 6. The maximum Gasteiger partial charge on any atom is 0.252 e. The fraction of sp³-hybridized carbons (Fsp3) is 0.400. The Morgan fingerprint density at radius 3 is 2.58 bits per heavy atom. The van der Waals surface area contributed by atoms with Gasteiger partial charge in [0, 0.05) is 46.9 Å². The number of nitrogens with one attached hydrogen (secondary N) is 3. The van der Waals surface area contributed by atoms with Crippen molar-refractivity contribution >= 4 is 28.7 Å². The molecule has 1 fully saturated rings. The van der Waals surface area contributed by atoms with Crippen LogP contribution >= 0.6 is 0 Å². The standard InChI is InChI=1S/C25H32N6O2/c1-15(32)29-19-9-7-6-8-17(19)16-12-20-22(18(23(26)33)13-28-31(20)14-16)30-21-10-11-25(4,27-5)24(21,2)3/h6-9,12-14,21,27,30H,10-11H2,1-5H3,(H2,26,33)(H,29,32)/t21-,25?/m1/s1. The smallest absolute Gasteiger partial charge is 0.252 e. The molecule has 33 heavy (non-hydrogen) atoms. The Kier molecular flexibility index (Phi) is 5.66. The third kappa shape index (κ3) is 3.84. The highest BCUT2D eigenvalue weighted by Gasteiger charge is 2.51. The molecule has 2 heterocycles. The molecule has 0 spiro atoms. The Labute approximate surface area is 193 Å². The fourth-order valence-electron chi connectivity index (χ4n) is 4.95. The summed E-state index contributed by atoms with van der Waals surface area (Å²) >= 11 is 0. The number of benzene rings is 1. The normalized spacial score (nSPS) is 21.8. The second-order valence-electron chi connectivity index (χ2n) is 9.62. The van der Waals surface area contributed by atoms with Gasteiger partial charge >= 0.3 is 0 Å². The first-order chi connectivity index (χ1) is 15.6. The van der Waals surface area contributed by atoms with Crippen LogP contribution in [0.1, 0.15) is 50.9 Å². The van der Waals surface area contributed by atoms with Crippen molar-refractivity contribution in [3.63, 3.8) is 0 Å². The zero-order valence-electron chi connectivity index (χ0n) is 19.8. The van der Waals surface area contributed by atoms with E-state index in [4.69, 9.17) is 5.73 Å². The maximum absolute atomic E-state index is 12.3. The van der Waals surface area contributed by atoms with Gasteiger partial charge in [-0.15, -0.1) is 0 Å². The van der Waals surface area contributed by atoms with Crippen LogP contribution in [0.5, 0.6) is 0 Å². The molecule has 8 heteroatoms. The number of hydrogen-bond donors (Lipinski definition) is 4. The molecule has 4 rings (SSSR count). The van der Waals surface area contributed by atoms with Crippen molar-refractivity contribution in [3.8, 4) is 11.1 Å². The number of aromatic nitrogens is 2. The minimum atomic E-state index is -0.527. The van der Waals surface area contributed by atoms with Gasteiger partial charge in [-0.2, -0.15) is 5.10 Å².